The summed E-state index contributed by atoms with van der Waals surface area (Å²) < 4.78 is 3.32. The maximum absolute atomic E-state index is 4.46. The van der Waals surface area contributed by atoms with E-state index >= 15 is 0 Å². The molecule has 0 aliphatic heterocycles. The third kappa shape index (κ3) is 3.45. The van der Waals surface area contributed by atoms with Gasteiger partial charge in [-0.25, -0.2) is 4.98 Å². The monoisotopic (exact) mass is 321 g/mol. The van der Waals surface area contributed by atoms with E-state index < -0.39 is 0 Å². The molecule has 102 valence electrons. The average molecular weight is 322 g/mol. The number of rotatable bonds is 5. The van der Waals surface area contributed by atoms with Gasteiger partial charge in [-0.15, -0.1) is 0 Å². The number of nitrogens with one attached hydrogen (secondary N) is 1. The molecule has 0 saturated carbocycles. The van der Waals surface area contributed by atoms with Gasteiger partial charge in [0, 0.05) is 35.9 Å². The normalized spacial score (nSPS) is 12.6. The lowest BCUT2D eigenvalue weighted by atomic mass is 10.0. The summed E-state index contributed by atoms with van der Waals surface area (Å²) >= 11 is 3.57. The number of halogens is 1. The molecule has 4 heteroatoms. The highest BCUT2D eigenvalue weighted by Crippen LogP contribution is 2.23. The van der Waals surface area contributed by atoms with Crippen molar-refractivity contribution in [1.29, 1.82) is 0 Å². The van der Waals surface area contributed by atoms with Crippen LogP contribution in [0.4, 0.5) is 0 Å². The molecular formula is C15H20BrN3. The Balaban J connectivity index is 2.25. The number of aryl methyl sites for hydroxylation is 2. The smallest absolute Gasteiger partial charge is 0.110 e. The van der Waals surface area contributed by atoms with Gasteiger partial charge < -0.3 is 9.88 Å². The van der Waals surface area contributed by atoms with Crippen molar-refractivity contribution in [2.24, 2.45) is 0 Å². The van der Waals surface area contributed by atoms with Gasteiger partial charge >= 0.3 is 0 Å². The van der Waals surface area contributed by atoms with E-state index in [9.17, 15) is 0 Å². The van der Waals surface area contributed by atoms with Gasteiger partial charge in [0.15, 0.2) is 0 Å². The number of aromatic nitrogens is 2. The van der Waals surface area contributed by atoms with Gasteiger partial charge in [-0.3, -0.25) is 0 Å². The van der Waals surface area contributed by atoms with Crippen LogP contribution in [0.2, 0.25) is 0 Å². The second kappa shape index (κ2) is 6.35. The quantitative estimate of drug-likeness (QED) is 0.913. The third-order valence-corrected chi connectivity index (χ3v) is 3.80. The number of nitrogens with zero attached hydrogens (tertiary/aromatic N) is 2. The van der Waals surface area contributed by atoms with Gasteiger partial charge in [-0.05, 0) is 44.2 Å². The number of hydrogen-bond acceptors (Lipinski definition) is 2. The Hall–Kier alpha value is -1.13. The Morgan fingerprint density at radius 3 is 2.79 bits per heavy atom. The van der Waals surface area contributed by atoms with E-state index in [1.807, 2.05) is 19.4 Å². The lowest BCUT2D eigenvalue weighted by Crippen LogP contribution is -2.21. The summed E-state index contributed by atoms with van der Waals surface area (Å²) in [7, 11) is 2.00. The molecule has 1 atom stereocenters. The van der Waals surface area contributed by atoms with Gasteiger partial charge in [0.25, 0.3) is 0 Å². The van der Waals surface area contributed by atoms with Crippen molar-refractivity contribution in [3.05, 3.63) is 52.0 Å². The van der Waals surface area contributed by atoms with Crippen LogP contribution in [0.25, 0.3) is 0 Å². The predicted octanol–water partition coefficient (Wildman–Crippen LogP) is 3.48. The van der Waals surface area contributed by atoms with Gasteiger partial charge in [0.1, 0.15) is 5.82 Å². The van der Waals surface area contributed by atoms with Crippen LogP contribution >= 0.6 is 15.9 Å². The van der Waals surface area contributed by atoms with E-state index in [0.29, 0.717) is 0 Å². The van der Waals surface area contributed by atoms with Crippen LogP contribution in [0.3, 0.4) is 0 Å². The van der Waals surface area contributed by atoms with Gasteiger partial charge in [0.2, 0.25) is 0 Å². The second-order valence-electron chi connectivity index (χ2n) is 4.74. The van der Waals surface area contributed by atoms with Crippen LogP contribution in [0.5, 0.6) is 0 Å². The summed E-state index contributed by atoms with van der Waals surface area (Å²) in [6.45, 7) is 5.22. The Bertz CT molecular complexity index is 528. The van der Waals surface area contributed by atoms with E-state index in [0.717, 1.165) is 23.3 Å². The minimum Gasteiger partial charge on any atom is -0.335 e. The molecule has 3 nitrogen and oxygen atoms in total. The molecule has 0 spiro atoms. The fraction of sp³-hybridized carbons (Fsp3) is 0.400. The fourth-order valence-corrected chi connectivity index (χ4v) is 2.98. The van der Waals surface area contributed by atoms with Crippen molar-refractivity contribution in [2.45, 2.75) is 32.9 Å². The molecular weight excluding hydrogens is 302 g/mol. The molecule has 1 heterocycles. The summed E-state index contributed by atoms with van der Waals surface area (Å²) in [5.41, 5.74) is 2.56. The van der Waals surface area contributed by atoms with E-state index in [2.05, 4.69) is 62.8 Å². The molecule has 1 unspecified atom stereocenters. The number of imidazole rings is 1. The van der Waals surface area contributed by atoms with Crippen molar-refractivity contribution in [3.63, 3.8) is 0 Å². The van der Waals surface area contributed by atoms with E-state index in [1.54, 1.807) is 0 Å². The zero-order valence-electron chi connectivity index (χ0n) is 11.7. The molecule has 1 aromatic heterocycles. The topological polar surface area (TPSA) is 29.9 Å². The maximum Gasteiger partial charge on any atom is 0.110 e. The lowest BCUT2D eigenvalue weighted by molar-refractivity contribution is 0.552. The van der Waals surface area contributed by atoms with E-state index in [1.165, 1.54) is 11.1 Å². The summed E-state index contributed by atoms with van der Waals surface area (Å²) in [4.78, 5) is 4.46. The Morgan fingerprint density at radius 2 is 2.16 bits per heavy atom. The fourth-order valence-electron chi connectivity index (χ4n) is 2.35. The maximum atomic E-state index is 4.46. The predicted molar refractivity (Wildman–Crippen MR) is 82.3 cm³/mol. The Morgan fingerprint density at radius 1 is 1.37 bits per heavy atom. The number of benzene rings is 1. The highest BCUT2D eigenvalue weighted by molar-refractivity contribution is 9.10. The first-order chi connectivity index (χ1) is 9.13. The van der Waals surface area contributed by atoms with Crippen molar-refractivity contribution in [2.75, 3.05) is 7.05 Å². The molecule has 0 amide bonds. The van der Waals surface area contributed by atoms with Gasteiger partial charge in [0.05, 0.1) is 0 Å². The summed E-state index contributed by atoms with van der Waals surface area (Å²) in [6, 6.07) is 6.81. The first-order valence-corrected chi connectivity index (χ1v) is 7.37. The zero-order valence-corrected chi connectivity index (χ0v) is 13.2. The number of hydrogen-bond donors (Lipinski definition) is 1. The van der Waals surface area contributed by atoms with Crippen molar-refractivity contribution >= 4 is 15.9 Å². The summed E-state index contributed by atoms with van der Waals surface area (Å²) in [6.07, 6.45) is 4.80. The first-order valence-electron chi connectivity index (χ1n) is 6.58. The molecule has 2 aromatic rings. The summed E-state index contributed by atoms with van der Waals surface area (Å²) in [5.74, 6) is 1.12. The highest BCUT2D eigenvalue weighted by Gasteiger charge is 2.14. The molecule has 2 rings (SSSR count). The molecule has 0 aliphatic carbocycles. The van der Waals surface area contributed by atoms with Gasteiger partial charge in [-0.1, -0.05) is 22.0 Å². The molecule has 0 bridgehead atoms. The van der Waals surface area contributed by atoms with Gasteiger partial charge in [-0.2, -0.15) is 0 Å². The van der Waals surface area contributed by atoms with Crippen molar-refractivity contribution in [3.8, 4) is 0 Å². The highest BCUT2D eigenvalue weighted by atomic mass is 79.9. The minimum atomic E-state index is 0.281. The van der Waals surface area contributed by atoms with Crippen LogP contribution in [0.1, 0.15) is 29.9 Å². The van der Waals surface area contributed by atoms with Crippen molar-refractivity contribution in [1.82, 2.24) is 14.9 Å². The number of likely N-dealkylation sites (N-methyl/N-ethyl adjacent to an activating group) is 1. The van der Waals surface area contributed by atoms with Crippen LogP contribution in [0.15, 0.2) is 35.1 Å². The average Bonchev–Trinajstić information content (AvgIpc) is 2.81. The molecule has 0 fully saturated rings. The standard InChI is InChI=1S/C15H20BrN3/c1-4-19-6-5-18-15(19)10-14(17-3)12-7-11(2)8-13(16)9-12/h5-9,14,17H,4,10H2,1-3H3. The van der Waals surface area contributed by atoms with Crippen LogP contribution in [-0.4, -0.2) is 16.6 Å². The van der Waals surface area contributed by atoms with Crippen LogP contribution in [0, 0.1) is 6.92 Å². The minimum absolute atomic E-state index is 0.281. The first kappa shape index (κ1) is 14.3. The molecule has 0 aliphatic rings. The van der Waals surface area contributed by atoms with Crippen LogP contribution in [-0.2, 0) is 13.0 Å². The summed E-state index contributed by atoms with van der Waals surface area (Å²) in [5, 5.41) is 3.39. The lowest BCUT2D eigenvalue weighted by Gasteiger charge is -2.18. The third-order valence-electron chi connectivity index (χ3n) is 3.34. The molecule has 1 N–H and O–H groups in total. The molecule has 0 radical (unpaired) electrons. The Labute approximate surface area is 123 Å². The molecule has 1 aromatic carbocycles. The van der Waals surface area contributed by atoms with E-state index in [-0.39, 0.29) is 6.04 Å². The van der Waals surface area contributed by atoms with Crippen molar-refractivity contribution < 1.29 is 0 Å². The SMILES string of the molecule is CCn1ccnc1CC(NC)c1cc(C)cc(Br)c1. The van der Waals surface area contributed by atoms with Crippen LogP contribution < -0.4 is 5.32 Å². The Kier molecular flexibility index (Phi) is 4.77. The van der Waals surface area contributed by atoms with E-state index in [4.69, 9.17) is 0 Å². The molecule has 19 heavy (non-hydrogen) atoms. The largest absolute Gasteiger partial charge is 0.335 e. The second-order valence-corrected chi connectivity index (χ2v) is 5.65. The zero-order chi connectivity index (χ0) is 13.8. The molecule has 0 saturated heterocycles.